The highest BCUT2D eigenvalue weighted by molar-refractivity contribution is 6.35. The van der Waals surface area contributed by atoms with E-state index in [9.17, 15) is 30.0 Å². The van der Waals surface area contributed by atoms with Gasteiger partial charge in [-0.25, -0.2) is 0 Å². The van der Waals surface area contributed by atoms with E-state index in [2.05, 4.69) is 10.6 Å². The van der Waals surface area contributed by atoms with Crippen molar-refractivity contribution in [2.24, 2.45) is 11.8 Å². The Balaban J connectivity index is 1.64. The standard InChI is InChI=1S/C44H44N2O6/c1-21(2)33-27-17-25(7)35(41(49)37(27)29(39(47)43(33)51)19-45-31-15-11-9-13-23(31)5)36-26(8)18-28-34(22(3)4)44(52)40(48)30(38(28)42(36)50)20-46-32-16-12-10-14-24(32)6/h9-22,45-46,49-52H,1-8H3. The smallest absolute Gasteiger partial charge is 0.229 e. The number of carbonyl (C=O) groups is 2. The number of fused-ring (bicyclic) bond motifs is 2. The quantitative estimate of drug-likeness (QED) is 0.105. The number of phenols is 2. The molecular formula is C44H44N2O6. The molecule has 2 aliphatic carbocycles. The SMILES string of the molecule is Cc1ccccc1NC=C1C(=O)C(O)=C(C(C)C)c2cc(C)c(-c3c(C)cc4c(c3O)C(=CNc3ccccc3C)C(=O)C(O)=C4C(C)C)c(O)c21. The third-order valence-corrected chi connectivity index (χ3v) is 9.98. The number of phenolic OH excluding ortho intramolecular Hbond substituents is 2. The Labute approximate surface area is 304 Å². The Morgan fingerprint density at radius 2 is 0.865 bits per heavy atom. The summed E-state index contributed by atoms with van der Waals surface area (Å²) in [5, 5.41) is 53.5. The molecule has 0 aromatic heterocycles. The number of aliphatic hydroxyl groups excluding tert-OH is 2. The molecule has 8 nitrogen and oxygen atoms in total. The minimum Gasteiger partial charge on any atom is -0.507 e. The van der Waals surface area contributed by atoms with Gasteiger partial charge in [-0.3, -0.25) is 9.59 Å². The van der Waals surface area contributed by atoms with E-state index in [0.29, 0.717) is 33.4 Å². The van der Waals surface area contributed by atoms with E-state index in [1.165, 1.54) is 12.4 Å². The van der Waals surface area contributed by atoms with Gasteiger partial charge in [-0.2, -0.15) is 0 Å². The van der Waals surface area contributed by atoms with Crippen molar-refractivity contribution in [2.75, 3.05) is 10.6 Å². The van der Waals surface area contributed by atoms with E-state index in [1.54, 1.807) is 13.8 Å². The minimum absolute atomic E-state index is 0.0575. The summed E-state index contributed by atoms with van der Waals surface area (Å²) < 4.78 is 0. The number of para-hydroxylation sites is 2. The average molecular weight is 697 g/mol. The zero-order valence-electron chi connectivity index (χ0n) is 30.7. The number of anilines is 2. The third-order valence-electron chi connectivity index (χ3n) is 9.98. The van der Waals surface area contributed by atoms with Gasteiger partial charge in [-0.15, -0.1) is 0 Å². The Hall–Kier alpha value is -6.02. The molecule has 6 N–H and O–H groups in total. The lowest BCUT2D eigenvalue weighted by Crippen LogP contribution is -2.20. The van der Waals surface area contributed by atoms with Crippen molar-refractivity contribution < 1.29 is 30.0 Å². The predicted molar refractivity (Wildman–Crippen MR) is 209 cm³/mol. The Morgan fingerprint density at radius 1 is 0.519 bits per heavy atom. The number of Topliss-reactive ketones (excluding diaryl/α,β-unsaturated/α-hetero) is 2. The van der Waals surface area contributed by atoms with E-state index in [-0.39, 0.29) is 68.3 Å². The first-order chi connectivity index (χ1) is 24.6. The summed E-state index contributed by atoms with van der Waals surface area (Å²) >= 11 is 0. The maximum Gasteiger partial charge on any atom is 0.229 e. The van der Waals surface area contributed by atoms with Gasteiger partial charge in [0.15, 0.2) is 11.5 Å². The fourth-order valence-corrected chi connectivity index (χ4v) is 7.40. The largest absolute Gasteiger partial charge is 0.507 e. The lowest BCUT2D eigenvalue weighted by Gasteiger charge is -2.29. The molecule has 0 heterocycles. The topological polar surface area (TPSA) is 139 Å². The number of aromatic hydroxyl groups is 2. The predicted octanol–water partition coefficient (Wildman–Crippen LogP) is 9.92. The zero-order valence-corrected chi connectivity index (χ0v) is 30.7. The molecule has 6 rings (SSSR count). The van der Waals surface area contributed by atoms with Gasteiger partial charge in [-0.05, 0) is 85.0 Å². The number of nitrogens with one attached hydrogen (secondary N) is 2. The number of ketones is 2. The second-order valence-electron chi connectivity index (χ2n) is 14.2. The van der Waals surface area contributed by atoms with E-state index in [0.717, 1.165) is 22.5 Å². The van der Waals surface area contributed by atoms with Gasteiger partial charge in [0.05, 0.1) is 11.1 Å². The van der Waals surface area contributed by atoms with Gasteiger partial charge < -0.3 is 31.1 Å². The monoisotopic (exact) mass is 696 g/mol. The molecule has 52 heavy (non-hydrogen) atoms. The van der Waals surface area contributed by atoms with E-state index in [4.69, 9.17) is 0 Å². The van der Waals surface area contributed by atoms with Crippen LogP contribution in [0.2, 0.25) is 0 Å². The van der Waals surface area contributed by atoms with Gasteiger partial charge in [0.1, 0.15) is 11.5 Å². The molecule has 0 unspecified atom stereocenters. The molecule has 266 valence electrons. The molecule has 0 fully saturated rings. The second-order valence-corrected chi connectivity index (χ2v) is 14.2. The molecule has 4 aromatic rings. The molecule has 8 heteroatoms. The summed E-state index contributed by atoms with van der Waals surface area (Å²) in [7, 11) is 0. The van der Waals surface area contributed by atoms with Crippen molar-refractivity contribution in [3.63, 3.8) is 0 Å². The van der Waals surface area contributed by atoms with Gasteiger partial charge in [0.25, 0.3) is 0 Å². The number of hydrogen-bond acceptors (Lipinski definition) is 8. The van der Waals surface area contributed by atoms with Crippen LogP contribution < -0.4 is 10.6 Å². The average Bonchev–Trinajstić information content (AvgIpc) is 3.08. The lowest BCUT2D eigenvalue weighted by molar-refractivity contribution is -0.113. The summed E-state index contributed by atoms with van der Waals surface area (Å²) in [6.45, 7) is 14.9. The van der Waals surface area contributed by atoms with Crippen LogP contribution in [0.3, 0.4) is 0 Å². The van der Waals surface area contributed by atoms with Crippen LogP contribution in [0.4, 0.5) is 11.4 Å². The molecule has 0 saturated heterocycles. The first-order valence-electron chi connectivity index (χ1n) is 17.4. The number of aryl methyl sites for hydroxylation is 4. The van der Waals surface area contributed by atoms with Crippen LogP contribution in [-0.4, -0.2) is 32.0 Å². The summed E-state index contributed by atoms with van der Waals surface area (Å²) in [5.41, 5.74) is 7.46. The van der Waals surface area contributed by atoms with Crippen LogP contribution >= 0.6 is 0 Å². The van der Waals surface area contributed by atoms with Crippen molar-refractivity contribution in [3.05, 3.63) is 129 Å². The molecule has 0 amide bonds. The summed E-state index contributed by atoms with van der Waals surface area (Å²) in [5.74, 6) is -3.08. The van der Waals surface area contributed by atoms with Crippen LogP contribution in [-0.2, 0) is 9.59 Å². The number of hydrogen-bond donors (Lipinski definition) is 6. The molecule has 0 spiro atoms. The van der Waals surface area contributed by atoms with Gasteiger partial charge in [0, 0.05) is 57.2 Å². The summed E-state index contributed by atoms with van der Waals surface area (Å²) in [6.07, 6.45) is 2.99. The van der Waals surface area contributed by atoms with Crippen molar-refractivity contribution in [2.45, 2.75) is 55.4 Å². The van der Waals surface area contributed by atoms with Crippen LogP contribution in [0, 0.1) is 39.5 Å². The van der Waals surface area contributed by atoms with Crippen molar-refractivity contribution >= 4 is 45.2 Å². The molecule has 0 bridgehead atoms. The molecule has 0 atom stereocenters. The highest BCUT2D eigenvalue weighted by atomic mass is 16.3. The third kappa shape index (κ3) is 5.84. The molecule has 2 aliphatic rings. The van der Waals surface area contributed by atoms with E-state index in [1.807, 2.05) is 102 Å². The highest BCUT2D eigenvalue weighted by Gasteiger charge is 2.38. The number of rotatable bonds is 7. The Kier molecular flexibility index (Phi) is 9.36. The minimum atomic E-state index is -0.644. The molecular weight excluding hydrogens is 652 g/mol. The van der Waals surface area contributed by atoms with E-state index >= 15 is 0 Å². The van der Waals surface area contributed by atoms with Crippen LogP contribution in [0.1, 0.15) is 72.2 Å². The van der Waals surface area contributed by atoms with Crippen molar-refractivity contribution in [1.82, 2.24) is 0 Å². The number of allylic oxidation sites excluding steroid dienone is 4. The maximum atomic E-state index is 13.9. The van der Waals surface area contributed by atoms with Crippen LogP contribution in [0.15, 0.2) is 84.6 Å². The van der Waals surface area contributed by atoms with Gasteiger partial charge in [0.2, 0.25) is 11.6 Å². The number of carbonyl (C=O) groups excluding carboxylic acids is 2. The van der Waals surface area contributed by atoms with Gasteiger partial charge in [-0.1, -0.05) is 76.2 Å². The lowest BCUT2D eigenvalue weighted by atomic mass is 9.75. The first-order valence-corrected chi connectivity index (χ1v) is 17.4. The molecule has 0 radical (unpaired) electrons. The maximum absolute atomic E-state index is 13.9. The Morgan fingerprint density at radius 3 is 1.19 bits per heavy atom. The second kappa shape index (κ2) is 13.6. The normalized spacial score (nSPS) is 16.0. The molecule has 4 aromatic carbocycles. The molecule has 0 saturated carbocycles. The van der Waals surface area contributed by atoms with Gasteiger partial charge >= 0.3 is 0 Å². The van der Waals surface area contributed by atoms with Crippen molar-refractivity contribution in [3.8, 4) is 22.6 Å². The van der Waals surface area contributed by atoms with Crippen LogP contribution in [0.25, 0.3) is 33.4 Å². The van der Waals surface area contributed by atoms with E-state index < -0.39 is 11.6 Å². The summed E-state index contributed by atoms with van der Waals surface area (Å²) in [4.78, 5) is 27.8. The van der Waals surface area contributed by atoms with Crippen LogP contribution in [0.5, 0.6) is 11.5 Å². The highest BCUT2D eigenvalue weighted by Crippen LogP contribution is 2.53. The Bertz CT molecular complexity index is 2160. The fraction of sp³-hybridized carbons (Fsp3) is 0.227. The summed E-state index contributed by atoms with van der Waals surface area (Å²) in [6, 6.07) is 18.7. The fourth-order valence-electron chi connectivity index (χ4n) is 7.40. The zero-order chi connectivity index (χ0) is 37.8. The first kappa shape index (κ1) is 35.8. The number of benzene rings is 4. The molecule has 0 aliphatic heterocycles. The number of aliphatic hydroxyl groups is 2. The van der Waals surface area contributed by atoms with Crippen molar-refractivity contribution in [1.29, 1.82) is 0 Å².